The topological polar surface area (TPSA) is 101 Å². The van der Waals surface area contributed by atoms with Gasteiger partial charge in [0.2, 0.25) is 11.0 Å². The molecule has 1 aliphatic heterocycles. The largest absolute Gasteiger partial charge is 0.691 e. The quantitative estimate of drug-likeness (QED) is 0.565. The Labute approximate surface area is 150 Å². The van der Waals surface area contributed by atoms with Gasteiger partial charge in [0.1, 0.15) is 16.5 Å². The Hall–Kier alpha value is -2.68. The molecule has 1 atom stereocenters. The molecule has 9 heteroatoms. The van der Waals surface area contributed by atoms with Crippen LogP contribution in [-0.4, -0.2) is 50.8 Å². The van der Waals surface area contributed by atoms with Gasteiger partial charge >= 0.3 is 12.0 Å². The van der Waals surface area contributed by atoms with Crippen LogP contribution in [0.15, 0.2) is 24.3 Å². The van der Waals surface area contributed by atoms with Gasteiger partial charge in [-0.2, -0.15) is 0 Å². The zero-order valence-electron chi connectivity index (χ0n) is 15.4. The van der Waals surface area contributed by atoms with Crippen molar-refractivity contribution in [2.24, 2.45) is 0 Å². The van der Waals surface area contributed by atoms with Crippen LogP contribution >= 0.6 is 0 Å². The third-order valence-corrected chi connectivity index (χ3v) is 4.06. The summed E-state index contributed by atoms with van der Waals surface area (Å²) in [5.41, 5.74) is -1.12. The normalized spacial score (nSPS) is 19.7. The summed E-state index contributed by atoms with van der Waals surface area (Å²) in [5.74, 6) is -0.535. The molecule has 140 valence electrons. The fraction of sp³-hybridized carbons (Fsp3) is 0.529. The first-order valence-corrected chi connectivity index (χ1v) is 8.29. The molecule has 1 fully saturated rings. The highest BCUT2D eigenvalue weighted by molar-refractivity contribution is 5.93. The van der Waals surface area contributed by atoms with E-state index in [0.29, 0.717) is 10.4 Å². The van der Waals surface area contributed by atoms with Gasteiger partial charge in [-0.1, -0.05) is 16.8 Å². The van der Waals surface area contributed by atoms with Crippen LogP contribution in [-0.2, 0) is 9.47 Å². The van der Waals surface area contributed by atoms with Crippen LogP contribution < -0.4 is 4.85 Å². The van der Waals surface area contributed by atoms with E-state index < -0.39 is 29.4 Å². The molecular formula is C17H22N4O5. The molecule has 1 saturated heterocycles. The number of hydrogen-bond acceptors (Lipinski definition) is 6. The van der Waals surface area contributed by atoms with Gasteiger partial charge in [-0.15, -0.1) is 4.85 Å². The molecule has 1 aromatic carbocycles. The molecule has 0 N–H and O–H groups in total. The molecular weight excluding hydrogens is 340 g/mol. The first-order chi connectivity index (χ1) is 12.0. The Morgan fingerprint density at radius 1 is 1.35 bits per heavy atom. The number of benzene rings is 1. The molecule has 26 heavy (non-hydrogen) atoms. The van der Waals surface area contributed by atoms with Crippen LogP contribution in [0.5, 0.6) is 0 Å². The summed E-state index contributed by atoms with van der Waals surface area (Å²) in [5, 5.41) is 15.7. The molecule has 1 aliphatic rings. The molecule has 0 radical (unpaired) electrons. The van der Waals surface area contributed by atoms with Gasteiger partial charge in [0, 0.05) is 0 Å². The van der Waals surface area contributed by atoms with Crippen LogP contribution in [0.25, 0.3) is 11.0 Å². The van der Waals surface area contributed by atoms with Crippen molar-refractivity contribution in [2.75, 3.05) is 6.61 Å². The average Bonchev–Trinajstić information content (AvgIpc) is 3.02. The van der Waals surface area contributed by atoms with E-state index in [0.717, 1.165) is 4.68 Å². The minimum absolute atomic E-state index is 0.0158. The number of nitrogens with zero attached hydrogens (tertiary/aromatic N) is 4. The van der Waals surface area contributed by atoms with Crippen LogP contribution in [0.1, 0.15) is 39.4 Å². The summed E-state index contributed by atoms with van der Waals surface area (Å²) in [4.78, 5) is 27.4. The monoisotopic (exact) mass is 362 g/mol. The van der Waals surface area contributed by atoms with Crippen LogP contribution in [0.2, 0.25) is 0 Å². The van der Waals surface area contributed by atoms with Gasteiger partial charge in [0.25, 0.3) is 0 Å². The van der Waals surface area contributed by atoms with Gasteiger partial charge < -0.3 is 14.7 Å². The number of carbonyl (C=O) groups excluding carboxylic acids is 2. The van der Waals surface area contributed by atoms with Crippen LogP contribution in [0.4, 0.5) is 4.79 Å². The lowest BCUT2D eigenvalue weighted by Crippen LogP contribution is -2.53. The predicted molar refractivity (Wildman–Crippen MR) is 91.2 cm³/mol. The van der Waals surface area contributed by atoms with Crippen molar-refractivity contribution in [3.63, 3.8) is 0 Å². The molecule has 3 rings (SSSR count). The predicted octanol–water partition coefficient (Wildman–Crippen LogP) is 1.68. The molecule has 2 heterocycles. The number of fused-ring (bicyclic) bond motifs is 1. The van der Waals surface area contributed by atoms with Crippen LogP contribution in [0, 0.1) is 5.21 Å². The first-order valence-electron chi connectivity index (χ1n) is 8.29. The molecule has 0 spiro atoms. The molecule has 0 aliphatic carbocycles. The zero-order chi connectivity index (χ0) is 19.3. The van der Waals surface area contributed by atoms with Crippen molar-refractivity contribution in [1.29, 1.82) is 0 Å². The Kier molecular flexibility index (Phi) is 4.14. The van der Waals surface area contributed by atoms with E-state index in [2.05, 4.69) is 5.21 Å². The molecule has 0 saturated carbocycles. The summed E-state index contributed by atoms with van der Waals surface area (Å²) < 4.78 is 12.1. The standard InChI is InChI=1S/C17H22N4O5/c1-16(2,3)26-15(23)19-13(10-25-17(19,4)5)14(22)20-11-8-6-7-9-12(11)21(24)18-20/h6-9,13H,10H2,1-5H3/t13-/m0/s1. The van der Waals surface area contributed by atoms with Crippen molar-refractivity contribution in [2.45, 2.75) is 52.0 Å². The maximum atomic E-state index is 13.1. The van der Waals surface area contributed by atoms with Gasteiger partial charge in [-0.05, 0) is 46.8 Å². The van der Waals surface area contributed by atoms with E-state index in [4.69, 9.17) is 9.47 Å². The smallest absolute Gasteiger partial charge is 0.413 e. The summed E-state index contributed by atoms with van der Waals surface area (Å²) >= 11 is 0. The van der Waals surface area contributed by atoms with Gasteiger partial charge in [0.05, 0.1) is 6.61 Å². The van der Waals surface area contributed by atoms with E-state index in [1.54, 1.807) is 58.9 Å². The third-order valence-electron chi connectivity index (χ3n) is 4.06. The van der Waals surface area contributed by atoms with E-state index in [9.17, 15) is 14.8 Å². The van der Waals surface area contributed by atoms with Crippen molar-refractivity contribution in [3.8, 4) is 0 Å². The highest BCUT2D eigenvalue weighted by Crippen LogP contribution is 2.30. The van der Waals surface area contributed by atoms with Crippen molar-refractivity contribution in [3.05, 3.63) is 29.5 Å². The molecule has 9 nitrogen and oxygen atoms in total. The minimum Gasteiger partial charge on any atom is -0.691 e. The second-order valence-corrected chi connectivity index (χ2v) is 7.63. The fourth-order valence-corrected chi connectivity index (χ4v) is 2.93. The number of hydrogen-bond donors (Lipinski definition) is 0. The molecule has 0 unspecified atom stereocenters. The molecule has 1 amide bonds. The fourth-order valence-electron chi connectivity index (χ4n) is 2.93. The second-order valence-electron chi connectivity index (χ2n) is 7.63. The van der Waals surface area contributed by atoms with Crippen molar-refractivity contribution in [1.82, 2.24) is 14.8 Å². The van der Waals surface area contributed by atoms with Gasteiger partial charge in [-0.3, -0.25) is 4.90 Å². The Morgan fingerprint density at radius 3 is 2.65 bits per heavy atom. The minimum atomic E-state index is -1.03. The maximum Gasteiger partial charge on any atom is 0.413 e. The zero-order valence-corrected chi connectivity index (χ0v) is 15.4. The Balaban J connectivity index is 1.98. The van der Waals surface area contributed by atoms with Crippen molar-refractivity contribution >= 4 is 23.0 Å². The van der Waals surface area contributed by atoms with Crippen LogP contribution in [0.3, 0.4) is 0 Å². The van der Waals surface area contributed by atoms with E-state index >= 15 is 0 Å². The summed E-state index contributed by atoms with van der Waals surface area (Å²) in [6, 6.07) is 5.62. The highest BCUT2D eigenvalue weighted by Gasteiger charge is 2.51. The number of rotatable bonds is 1. The Morgan fingerprint density at radius 2 is 2.00 bits per heavy atom. The van der Waals surface area contributed by atoms with E-state index in [1.807, 2.05) is 0 Å². The number of amides is 1. The third kappa shape index (κ3) is 3.10. The lowest BCUT2D eigenvalue weighted by molar-refractivity contribution is -0.645. The number of aromatic nitrogens is 3. The number of carbonyl (C=O) groups is 2. The summed E-state index contributed by atoms with van der Waals surface area (Å²) in [7, 11) is 0. The second kappa shape index (κ2) is 5.94. The Bertz CT molecular complexity index is 868. The molecule has 0 bridgehead atoms. The van der Waals surface area contributed by atoms with Gasteiger partial charge in [0.15, 0.2) is 6.04 Å². The number of para-hydroxylation sites is 2. The van der Waals surface area contributed by atoms with Crippen molar-refractivity contribution < 1.29 is 23.9 Å². The average molecular weight is 362 g/mol. The maximum absolute atomic E-state index is 13.1. The first kappa shape index (κ1) is 18.1. The highest BCUT2D eigenvalue weighted by atomic mass is 16.6. The molecule has 1 aromatic heterocycles. The van der Waals surface area contributed by atoms with Gasteiger partial charge in [-0.25, -0.2) is 9.59 Å². The summed E-state index contributed by atoms with van der Waals surface area (Å²) in [6.45, 7) is 8.57. The molecule has 2 aromatic rings. The lowest BCUT2D eigenvalue weighted by atomic mass is 10.2. The van der Waals surface area contributed by atoms with E-state index in [1.165, 1.54) is 4.90 Å². The SMILES string of the molecule is CC(C)(C)OC(=O)N1[C@H](C(=O)n2n[n+]([O-])c3ccccc32)COC1(C)C. The summed E-state index contributed by atoms with van der Waals surface area (Å²) in [6.07, 6.45) is -0.662. The van der Waals surface area contributed by atoms with E-state index in [-0.39, 0.29) is 12.1 Å². The lowest BCUT2D eigenvalue weighted by Gasteiger charge is -2.33. The number of ether oxygens (including phenoxy) is 2.